The largest absolute Gasteiger partial charge is 0.481 e. The molecule has 0 spiro atoms. The van der Waals surface area contributed by atoms with Gasteiger partial charge in [0.25, 0.3) is 0 Å². The molecule has 98 valence electrons. The maximum absolute atomic E-state index is 11.4. The topological polar surface area (TPSA) is 63.6 Å². The van der Waals surface area contributed by atoms with Gasteiger partial charge in [-0.2, -0.15) is 0 Å². The first-order valence-corrected chi connectivity index (χ1v) is 6.50. The van der Waals surface area contributed by atoms with E-state index in [-0.39, 0.29) is 12.4 Å². The Morgan fingerprint density at radius 1 is 1.29 bits per heavy atom. The van der Waals surface area contributed by atoms with Gasteiger partial charge in [0.15, 0.2) is 0 Å². The van der Waals surface area contributed by atoms with Crippen molar-refractivity contribution in [2.75, 3.05) is 6.61 Å². The summed E-state index contributed by atoms with van der Waals surface area (Å²) in [7, 11) is 0. The van der Waals surface area contributed by atoms with Crippen LogP contribution in [0.2, 0.25) is 0 Å². The molecule has 4 heteroatoms. The molecular weight excluding hydrogens is 220 g/mol. The van der Waals surface area contributed by atoms with Crippen LogP contribution in [-0.2, 0) is 14.3 Å². The fraction of sp³-hybridized carbons (Fsp3) is 0.846. The lowest BCUT2D eigenvalue weighted by atomic mass is 9.82. The molecule has 1 aliphatic rings. The minimum absolute atomic E-state index is 0.232. The van der Waals surface area contributed by atoms with Gasteiger partial charge in [-0.25, -0.2) is 0 Å². The fourth-order valence-corrected chi connectivity index (χ4v) is 2.37. The van der Waals surface area contributed by atoms with Gasteiger partial charge in [0.2, 0.25) is 0 Å². The highest BCUT2D eigenvalue weighted by Crippen LogP contribution is 2.42. The summed E-state index contributed by atoms with van der Waals surface area (Å²) in [6.07, 6.45) is 5.83. The molecule has 1 rings (SSSR count). The van der Waals surface area contributed by atoms with Gasteiger partial charge in [-0.1, -0.05) is 26.2 Å². The Hall–Kier alpha value is -1.06. The van der Waals surface area contributed by atoms with E-state index in [1.165, 1.54) is 0 Å². The van der Waals surface area contributed by atoms with Crippen molar-refractivity contribution in [3.05, 3.63) is 0 Å². The Bertz CT molecular complexity index is 267. The molecule has 0 amide bonds. The lowest BCUT2D eigenvalue weighted by Gasteiger charge is -2.22. The van der Waals surface area contributed by atoms with Gasteiger partial charge < -0.3 is 9.84 Å². The van der Waals surface area contributed by atoms with Crippen LogP contribution in [0.1, 0.15) is 58.3 Å². The zero-order valence-corrected chi connectivity index (χ0v) is 10.5. The summed E-state index contributed by atoms with van der Waals surface area (Å²) in [5.74, 6) is -1.01. The maximum Gasteiger partial charge on any atom is 0.309 e. The molecule has 4 nitrogen and oxygen atoms in total. The zero-order chi connectivity index (χ0) is 12.7. The molecule has 1 aliphatic carbocycles. The quantitative estimate of drug-likeness (QED) is 0.550. The highest BCUT2D eigenvalue weighted by atomic mass is 16.5. The van der Waals surface area contributed by atoms with Crippen molar-refractivity contribution < 1.29 is 19.4 Å². The summed E-state index contributed by atoms with van der Waals surface area (Å²) in [5.41, 5.74) is -0.663. The predicted octanol–water partition coefficient (Wildman–Crippen LogP) is 2.75. The second-order valence-corrected chi connectivity index (χ2v) is 4.87. The smallest absolute Gasteiger partial charge is 0.309 e. The van der Waals surface area contributed by atoms with E-state index in [1.54, 1.807) is 0 Å². The van der Waals surface area contributed by atoms with Gasteiger partial charge >= 0.3 is 11.9 Å². The molecule has 0 aromatic heterocycles. The lowest BCUT2D eigenvalue weighted by Crippen LogP contribution is -2.28. The van der Waals surface area contributed by atoms with Crippen LogP contribution in [0.25, 0.3) is 0 Å². The first-order chi connectivity index (χ1) is 8.10. The van der Waals surface area contributed by atoms with E-state index >= 15 is 0 Å². The van der Waals surface area contributed by atoms with Crippen molar-refractivity contribution in [1.82, 2.24) is 0 Å². The van der Waals surface area contributed by atoms with Crippen molar-refractivity contribution in [2.24, 2.45) is 5.41 Å². The van der Waals surface area contributed by atoms with Gasteiger partial charge in [0.1, 0.15) is 0 Å². The third kappa shape index (κ3) is 4.02. The summed E-state index contributed by atoms with van der Waals surface area (Å²) in [4.78, 5) is 22.7. The summed E-state index contributed by atoms with van der Waals surface area (Å²) < 4.78 is 5.04. The summed E-state index contributed by atoms with van der Waals surface area (Å²) in [6.45, 7) is 2.49. The number of rotatable bonds is 7. The van der Waals surface area contributed by atoms with Crippen molar-refractivity contribution in [2.45, 2.75) is 58.3 Å². The van der Waals surface area contributed by atoms with Crippen LogP contribution in [0.15, 0.2) is 0 Å². The Morgan fingerprint density at radius 3 is 2.47 bits per heavy atom. The van der Waals surface area contributed by atoms with Gasteiger partial charge in [-0.3, -0.25) is 9.59 Å². The SMILES string of the molecule is CCCCOC(=O)CCC1(C(=O)O)CCCC1. The molecule has 0 saturated heterocycles. The van der Waals surface area contributed by atoms with Gasteiger partial charge in [0.05, 0.1) is 12.0 Å². The molecule has 0 aromatic rings. The molecular formula is C13H22O4. The Morgan fingerprint density at radius 2 is 1.94 bits per heavy atom. The third-order valence-corrected chi connectivity index (χ3v) is 3.58. The van der Waals surface area contributed by atoms with E-state index in [9.17, 15) is 14.7 Å². The molecule has 0 heterocycles. The van der Waals surface area contributed by atoms with E-state index in [0.717, 1.165) is 25.7 Å². The molecule has 0 aliphatic heterocycles. The monoisotopic (exact) mass is 242 g/mol. The number of carbonyl (C=O) groups excluding carboxylic acids is 1. The molecule has 0 radical (unpaired) electrons. The number of carboxylic acids is 1. The normalized spacial score (nSPS) is 17.9. The van der Waals surface area contributed by atoms with Crippen LogP contribution in [0.5, 0.6) is 0 Å². The molecule has 1 fully saturated rings. The Balaban J connectivity index is 2.32. The average molecular weight is 242 g/mol. The third-order valence-electron chi connectivity index (χ3n) is 3.58. The molecule has 0 bridgehead atoms. The minimum atomic E-state index is -0.753. The van der Waals surface area contributed by atoms with Crippen LogP contribution in [0.4, 0.5) is 0 Å². The van der Waals surface area contributed by atoms with Crippen LogP contribution in [-0.4, -0.2) is 23.7 Å². The van der Waals surface area contributed by atoms with Crippen LogP contribution in [0.3, 0.4) is 0 Å². The highest BCUT2D eigenvalue weighted by Gasteiger charge is 2.41. The second-order valence-electron chi connectivity index (χ2n) is 4.87. The molecule has 0 aromatic carbocycles. The Labute approximate surface area is 102 Å². The number of carbonyl (C=O) groups is 2. The van der Waals surface area contributed by atoms with E-state index in [0.29, 0.717) is 25.9 Å². The van der Waals surface area contributed by atoms with Crippen molar-refractivity contribution >= 4 is 11.9 Å². The van der Waals surface area contributed by atoms with E-state index in [1.807, 2.05) is 6.92 Å². The van der Waals surface area contributed by atoms with Crippen molar-refractivity contribution in [3.63, 3.8) is 0 Å². The number of ether oxygens (including phenoxy) is 1. The molecule has 1 saturated carbocycles. The number of esters is 1. The Kier molecular flexibility index (Phi) is 5.45. The van der Waals surface area contributed by atoms with Gasteiger partial charge in [-0.15, -0.1) is 0 Å². The van der Waals surface area contributed by atoms with E-state index in [4.69, 9.17) is 4.74 Å². The second kappa shape index (κ2) is 6.62. The summed E-state index contributed by atoms with van der Waals surface area (Å²) >= 11 is 0. The van der Waals surface area contributed by atoms with Crippen LogP contribution >= 0.6 is 0 Å². The van der Waals surface area contributed by atoms with Crippen molar-refractivity contribution in [3.8, 4) is 0 Å². The molecule has 1 N–H and O–H groups in total. The minimum Gasteiger partial charge on any atom is -0.481 e. The van der Waals surface area contributed by atoms with Crippen molar-refractivity contribution in [1.29, 1.82) is 0 Å². The number of carboxylic acid groups (broad SMARTS) is 1. The maximum atomic E-state index is 11.4. The van der Waals surface area contributed by atoms with Gasteiger partial charge in [0, 0.05) is 6.42 Å². The first-order valence-electron chi connectivity index (χ1n) is 6.50. The zero-order valence-electron chi connectivity index (χ0n) is 10.5. The van der Waals surface area contributed by atoms with Crippen LogP contribution in [0, 0.1) is 5.41 Å². The first kappa shape index (κ1) is 14.0. The number of aliphatic carboxylic acids is 1. The van der Waals surface area contributed by atoms with Gasteiger partial charge in [-0.05, 0) is 25.7 Å². The molecule has 17 heavy (non-hydrogen) atoms. The molecule has 0 unspecified atom stereocenters. The predicted molar refractivity (Wildman–Crippen MR) is 63.6 cm³/mol. The standard InChI is InChI=1S/C13H22O4/c1-2-3-10-17-11(14)6-9-13(12(15)16)7-4-5-8-13/h2-10H2,1H3,(H,15,16). The number of hydrogen-bond acceptors (Lipinski definition) is 3. The number of unbranched alkanes of at least 4 members (excludes halogenated alkanes) is 1. The fourth-order valence-electron chi connectivity index (χ4n) is 2.37. The number of hydrogen-bond donors (Lipinski definition) is 1. The summed E-state index contributed by atoms with van der Waals surface area (Å²) in [6, 6.07) is 0. The van der Waals surface area contributed by atoms with Crippen LogP contribution < -0.4 is 0 Å². The molecule has 0 atom stereocenters. The van der Waals surface area contributed by atoms with E-state index in [2.05, 4.69) is 0 Å². The van der Waals surface area contributed by atoms with E-state index < -0.39 is 11.4 Å². The average Bonchev–Trinajstić information content (AvgIpc) is 2.77. The highest BCUT2D eigenvalue weighted by molar-refractivity contribution is 5.76. The summed E-state index contributed by atoms with van der Waals surface area (Å²) in [5, 5.41) is 9.24. The lowest BCUT2D eigenvalue weighted by molar-refractivity contribution is -0.151.